The predicted octanol–water partition coefficient (Wildman–Crippen LogP) is 1.58. The first-order chi connectivity index (χ1) is 8.81. The van der Waals surface area contributed by atoms with Gasteiger partial charge in [-0.2, -0.15) is 0 Å². The number of aromatic nitrogens is 3. The number of hydrazine groups is 1. The van der Waals surface area contributed by atoms with Gasteiger partial charge in [0, 0.05) is 11.7 Å². The van der Waals surface area contributed by atoms with E-state index in [0.717, 1.165) is 11.3 Å². The molecular formula is C12H13N5S. The molecule has 0 aliphatic heterocycles. The van der Waals surface area contributed by atoms with Crippen molar-refractivity contribution in [3.05, 3.63) is 47.1 Å². The van der Waals surface area contributed by atoms with Gasteiger partial charge in [0.05, 0.1) is 17.9 Å². The van der Waals surface area contributed by atoms with Crippen LogP contribution in [0.2, 0.25) is 0 Å². The van der Waals surface area contributed by atoms with Crippen LogP contribution in [0.1, 0.15) is 17.3 Å². The molecule has 0 fully saturated rings. The quantitative estimate of drug-likeness (QED) is 0.553. The van der Waals surface area contributed by atoms with Crippen molar-refractivity contribution in [2.45, 2.75) is 6.04 Å². The first kappa shape index (κ1) is 11.3. The highest BCUT2D eigenvalue weighted by molar-refractivity contribution is 7.17. The van der Waals surface area contributed by atoms with Crippen LogP contribution in [0.15, 0.2) is 35.8 Å². The van der Waals surface area contributed by atoms with Gasteiger partial charge in [0.1, 0.15) is 0 Å². The normalized spacial score (nSPS) is 13.0. The third-order valence-corrected chi connectivity index (χ3v) is 4.02. The summed E-state index contributed by atoms with van der Waals surface area (Å²) in [5.74, 6) is 5.70. The van der Waals surface area contributed by atoms with Crippen molar-refractivity contribution < 1.29 is 0 Å². The van der Waals surface area contributed by atoms with Crippen LogP contribution in [0.25, 0.3) is 10.1 Å². The van der Waals surface area contributed by atoms with Crippen LogP contribution in [0.5, 0.6) is 0 Å². The lowest BCUT2D eigenvalue weighted by atomic mass is 10.0. The summed E-state index contributed by atoms with van der Waals surface area (Å²) in [7, 11) is 1.86. The van der Waals surface area contributed by atoms with Gasteiger partial charge >= 0.3 is 0 Å². The van der Waals surface area contributed by atoms with E-state index in [1.54, 1.807) is 22.2 Å². The molecular weight excluding hydrogens is 246 g/mol. The third kappa shape index (κ3) is 1.71. The minimum absolute atomic E-state index is 0.0962. The van der Waals surface area contributed by atoms with Crippen molar-refractivity contribution in [3.8, 4) is 0 Å². The smallest absolute Gasteiger partial charge is 0.0908 e. The van der Waals surface area contributed by atoms with Crippen molar-refractivity contribution in [1.29, 1.82) is 0 Å². The maximum atomic E-state index is 5.70. The highest BCUT2D eigenvalue weighted by Gasteiger charge is 2.19. The van der Waals surface area contributed by atoms with E-state index < -0.39 is 0 Å². The van der Waals surface area contributed by atoms with E-state index in [9.17, 15) is 0 Å². The van der Waals surface area contributed by atoms with Crippen molar-refractivity contribution in [1.82, 2.24) is 20.4 Å². The Morgan fingerprint density at radius 2 is 2.22 bits per heavy atom. The fourth-order valence-corrected chi connectivity index (χ4v) is 3.10. The Morgan fingerprint density at radius 3 is 2.94 bits per heavy atom. The van der Waals surface area contributed by atoms with Gasteiger partial charge in [-0.3, -0.25) is 10.5 Å². The fraction of sp³-hybridized carbons (Fsp3) is 0.167. The zero-order chi connectivity index (χ0) is 12.5. The van der Waals surface area contributed by atoms with E-state index in [-0.39, 0.29) is 6.04 Å². The van der Waals surface area contributed by atoms with E-state index in [1.807, 2.05) is 19.2 Å². The van der Waals surface area contributed by atoms with Gasteiger partial charge in [-0.1, -0.05) is 23.4 Å². The monoisotopic (exact) mass is 259 g/mol. The molecule has 0 aliphatic carbocycles. The molecule has 5 nitrogen and oxygen atoms in total. The van der Waals surface area contributed by atoms with Gasteiger partial charge in [0.2, 0.25) is 0 Å². The summed E-state index contributed by atoms with van der Waals surface area (Å²) in [6.45, 7) is 0. The summed E-state index contributed by atoms with van der Waals surface area (Å²) in [6.07, 6.45) is 1.73. The molecule has 2 heterocycles. The third-order valence-electron chi connectivity index (χ3n) is 3.03. The summed E-state index contributed by atoms with van der Waals surface area (Å²) >= 11 is 1.72. The van der Waals surface area contributed by atoms with E-state index in [2.05, 4.69) is 33.3 Å². The Morgan fingerprint density at radius 1 is 1.39 bits per heavy atom. The van der Waals surface area contributed by atoms with Gasteiger partial charge in [0.25, 0.3) is 0 Å². The molecule has 0 saturated carbocycles. The fourth-order valence-electron chi connectivity index (χ4n) is 2.12. The van der Waals surface area contributed by atoms with Crippen molar-refractivity contribution in [3.63, 3.8) is 0 Å². The number of aryl methyl sites for hydroxylation is 1. The average molecular weight is 259 g/mol. The number of rotatable bonds is 3. The summed E-state index contributed by atoms with van der Waals surface area (Å²) < 4.78 is 2.99. The lowest BCUT2D eigenvalue weighted by Gasteiger charge is -2.14. The van der Waals surface area contributed by atoms with Gasteiger partial charge < -0.3 is 0 Å². The molecule has 3 aromatic rings. The standard InChI is InChI=1S/C12H13N5S/c1-17-10(6-14-16-17)12(15-13)9-7-18-11-5-3-2-4-8(9)11/h2-7,12,15H,13H2,1H3. The molecule has 1 aromatic carbocycles. The molecule has 3 rings (SSSR count). The van der Waals surface area contributed by atoms with E-state index >= 15 is 0 Å². The molecule has 1 atom stereocenters. The SMILES string of the molecule is Cn1nncc1C(NN)c1csc2ccccc12. The first-order valence-electron chi connectivity index (χ1n) is 5.58. The van der Waals surface area contributed by atoms with Gasteiger partial charge in [0.15, 0.2) is 0 Å². The average Bonchev–Trinajstić information content (AvgIpc) is 2.99. The largest absolute Gasteiger partial charge is 0.271 e. The van der Waals surface area contributed by atoms with Crippen LogP contribution in [0.4, 0.5) is 0 Å². The molecule has 0 amide bonds. The minimum atomic E-state index is -0.0962. The number of nitrogens with zero attached hydrogens (tertiary/aromatic N) is 3. The summed E-state index contributed by atoms with van der Waals surface area (Å²) in [5, 5.41) is 11.2. The summed E-state index contributed by atoms with van der Waals surface area (Å²) in [6, 6.07) is 8.20. The molecule has 92 valence electrons. The van der Waals surface area contributed by atoms with Crippen LogP contribution in [0, 0.1) is 0 Å². The Bertz CT molecular complexity index is 672. The number of nitrogens with one attached hydrogen (secondary N) is 1. The first-order valence-corrected chi connectivity index (χ1v) is 6.46. The summed E-state index contributed by atoms with van der Waals surface area (Å²) in [4.78, 5) is 0. The molecule has 18 heavy (non-hydrogen) atoms. The summed E-state index contributed by atoms with van der Waals surface area (Å²) in [5.41, 5.74) is 4.95. The zero-order valence-corrected chi connectivity index (χ0v) is 10.7. The molecule has 0 bridgehead atoms. The lowest BCUT2D eigenvalue weighted by Crippen LogP contribution is -2.30. The van der Waals surface area contributed by atoms with Crippen LogP contribution < -0.4 is 11.3 Å². The van der Waals surface area contributed by atoms with Crippen molar-refractivity contribution >= 4 is 21.4 Å². The Kier molecular flexibility index (Phi) is 2.83. The molecule has 0 aliphatic rings. The van der Waals surface area contributed by atoms with Crippen LogP contribution in [0.3, 0.4) is 0 Å². The maximum Gasteiger partial charge on any atom is 0.0908 e. The second-order valence-corrected chi connectivity index (χ2v) is 4.98. The topological polar surface area (TPSA) is 68.8 Å². The van der Waals surface area contributed by atoms with Crippen molar-refractivity contribution in [2.24, 2.45) is 12.9 Å². The second-order valence-electron chi connectivity index (χ2n) is 4.07. The van der Waals surface area contributed by atoms with Gasteiger partial charge in [-0.05, 0) is 22.4 Å². The van der Waals surface area contributed by atoms with E-state index in [1.165, 1.54) is 10.1 Å². The molecule has 6 heteroatoms. The van der Waals surface area contributed by atoms with Crippen LogP contribution >= 0.6 is 11.3 Å². The highest BCUT2D eigenvalue weighted by Crippen LogP contribution is 2.32. The molecule has 0 radical (unpaired) electrons. The minimum Gasteiger partial charge on any atom is -0.271 e. The zero-order valence-electron chi connectivity index (χ0n) is 9.87. The van der Waals surface area contributed by atoms with Crippen LogP contribution in [-0.2, 0) is 7.05 Å². The molecule has 2 aromatic heterocycles. The number of nitrogens with two attached hydrogens (primary N) is 1. The molecule has 1 unspecified atom stereocenters. The number of fused-ring (bicyclic) bond motifs is 1. The second kappa shape index (κ2) is 4.49. The Labute approximate surface area is 108 Å². The van der Waals surface area contributed by atoms with E-state index in [4.69, 9.17) is 5.84 Å². The molecule has 0 saturated heterocycles. The lowest BCUT2D eigenvalue weighted by molar-refractivity contribution is 0.574. The van der Waals surface area contributed by atoms with Gasteiger partial charge in [-0.15, -0.1) is 16.4 Å². The molecule has 3 N–H and O–H groups in total. The highest BCUT2D eigenvalue weighted by atomic mass is 32.1. The van der Waals surface area contributed by atoms with Crippen LogP contribution in [-0.4, -0.2) is 15.0 Å². The number of thiophene rings is 1. The number of hydrogen-bond acceptors (Lipinski definition) is 5. The Hall–Kier alpha value is -1.76. The van der Waals surface area contributed by atoms with E-state index in [0.29, 0.717) is 0 Å². The maximum absolute atomic E-state index is 5.70. The number of hydrogen-bond donors (Lipinski definition) is 2. The predicted molar refractivity (Wildman–Crippen MR) is 72.0 cm³/mol. The van der Waals surface area contributed by atoms with Crippen molar-refractivity contribution in [2.75, 3.05) is 0 Å². The number of benzene rings is 1. The molecule has 0 spiro atoms. The Balaban J connectivity index is 2.15. The van der Waals surface area contributed by atoms with Gasteiger partial charge in [-0.25, -0.2) is 5.43 Å².